The first-order valence-electron chi connectivity index (χ1n) is 7.89. The highest BCUT2D eigenvalue weighted by molar-refractivity contribution is 7.86. The van der Waals surface area contributed by atoms with Crippen molar-refractivity contribution < 1.29 is 8.42 Å². The van der Waals surface area contributed by atoms with Crippen LogP contribution in [0.4, 0.5) is 10.9 Å². The Labute approximate surface area is 151 Å². The van der Waals surface area contributed by atoms with Gasteiger partial charge in [0.1, 0.15) is 16.6 Å². The molecule has 0 aliphatic carbocycles. The van der Waals surface area contributed by atoms with Gasteiger partial charge in [0.05, 0.1) is 11.7 Å². The van der Waals surface area contributed by atoms with Crippen molar-refractivity contribution in [2.75, 3.05) is 26.0 Å². The van der Waals surface area contributed by atoms with Crippen LogP contribution in [0.3, 0.4) is 0 Å². The van der Waals surface area contributed by atoms with Crippen molar-refractivity contribution in [1.82, 2.24) is 28.8 Å². The summed E-state index contributed by atoms with van der Waals surface area (Å²) < 4.78 is 27.9. The van der Waals surface area contributed by atoms with Crippen molar-refractivity contribution in [1.29, 1.82) is 0 Å². The Morgan fingerprint density at radius 1 is 1.28 bits per heavy atom. The quantitative estimate of drug-likeness (QED) is 0.837. The molecule has 0 bridgehead atoms. The summed E-state index contributed by atoms with van der Waals surface area (Å²) >= 11 is 1.43. The summed E-state index contributed by atoms with van der Waals surface area (Å²) in [6, 6.07) is 1.50. The zero-order chi connectivity index (χ0) is 18.2. The van der Waals surface area contributed by atoms with E-state index < -0.39 is 10.2 Å². The lowest BCUT2D eigenvalue weighted by molar-refractivity contribution is 0.357. The van der Waals surface area contributed by atoms with Gasteiger partial charge in [-0.2, -0.15) is 17.0 Å². The van der Waals surface area contributed by atoms with Crippen molar-refractivity contribution in [3.05, 3.63) is 22.6 Å². The summed E-state index contributed by atoms with van der Waals surface area (Å²) in [7, 11) is -0.405. The van der Waals surface area contributed by atoms with E-state index in [1.807, 2.05) is 6.92 Å². The molecule has 0 amide bonds. The lowest BCUT2D eigenvalue weighted by Crippen LogP contribution is -2.39. The predicted octanol–water partition coefficient (Wildman–Crippen LogP) is 1.63. The van der Waals surface area contributed by atoms with E-state index in [0.29, 0.717) is 29.0 Å². The van der Waals surface area contributed by atoms with Crippen LogP contribution in [0.15, 0.2) is 6.07 Å². The molecule has 1 atom stereocenters. The fraction of sp³-hybridized carbons (Fsp3) is 0.571. The van der Waals surface area contributed by atoms with Gasteiger partial charge in [-0.05, 0) is 26.7 Å². The van der Waals surface area contributed by atoms with Gasteiger partial charge in [0.25, 0.3) is 10.2 Å². The Morgan fingerprint density at radius 2 is 2.04 bits per heavy atom. The maximum absolute atomic E-state index is 12.6. The molecule has 3 rings (SSSR count). The lowest BCUT2D eigenvalue weighted by Gasteiger charge is -2.26. The minimum atomic E-state index is -3.49. The van der Waals surface area contributed by atoms with Crippen LogP contribution in [0, 0.1) is 13.8 Å². The van der Waals surface area contributed by atoms with Gasteiger partial charge in [0.15, 0.2) is 0 Å². The summed E-state index contributed by atoms with van der Waals surface area (Å²) in [5, 5.41) is 12.6. The molecular weight excluding hydrogens is 362 g/mol. The zero-order valence-electron chi connectivity index (χ0n) is 14.6. The minimum absolute atomic E-state index is 0.286. The maximum atomic E-state index is 12.6. The molecule has 0 unspecified atom stereocenters. The van der Waals surface area contributed by atoms with E-state index in [0.717, 1.165) is 17.8 Å². The molecular formula is C14H21N7O2S2. The molecule has 0 spiro atoms. The Morgan fingerprint density at radius 3 is 2.68 bits per heavy atom. The van der Waals surface area contributed by atoms with Crippen molar-refractivity contribution in [3.8, 4) is 0 Å². The molecule has 1 aliphatic heterocycles. The van der Waals surface area contributed by atoms with Crippen LogP contribution in [0.25, 0.3) is 0 Å². The van der Waals surface area contributed by atoms with Gasteiger partial charge in [-0.3, -0.25) is 0 Å². The van der Waals surface area contributed by atoms with E-state index in [1.165, 1.54) is 19.9 Å². The van der Waals surface area contributed by atoms with E-state index in [9.17, 15) is 8.42 Å². The number of hydrogen-bond donors (Lipinski definition) is 1. The van der Waals surface area contributed by atoms with Crippen molar-refractivity contribution >= 4 is 32.5 Å². The van der Waals surface area contributed by atoms with Gasteiger partial charge in [-0.25, -0.2) is 9.97 Å². The molecule has 0 saturated carbocycles. The van der Waals surface area contributed by atoms with Crippen LogP contribution >= 0.6 is 11.3 Å². The van der Waals surface area contributed by atoms with Crippen LogP contribution in [0.1, 0.15) is 35.4 Å². The van der Waals surface area contributed by atoms with Crippen molar-refractivity contribution in [2.45, 2.75) is 32.7 Å². The molecule has 1 saturated heterocycles. The lowest BCUT2D eigenvalue weighted by atomic mass is 10.1. The van der Waals surface area contributed by atoms with Gasteiger partial charge in [-0.15, -0.1) is 10.2 Å². The SMILES string of the molecule is Cc1nc(Nc2nnc(C)s2)cc([C@@H]2CCCN2S(=O)(=O)N(C)C)n1. The molecule has 11 heteroatoms. The third-order valence-electron chi connectivity index (χ3n) is 3.92. The summed E-state index contributed by atoms with van der Waals surface area (Å²) in [5.74, 6) is 1.17. The normalized spacial score (nSPS) is 18.8. The monoisotopic (exact) mass is 383 g/mol. The van der Waals surface area contributed by atoms with E-state index in [1.54, 1.807) is 27.1 Å². The van der Waals surface area contributed by atoms with Gasteiger partial charge in [0.2, 0.25) is 5.13 Å². The molecule has 1 fully saturated rings. The first-order chi connectivity index (χ1) is 11.8. The highest BCUT2D eigenvalue weighted by atomic mass is 32.2. The van der Waals surface area contributed by atoms with Gasteiger partial charge in [0, 0.05) is 26.7 Å². The van der Waals surface area contributed by atoms with E-state index >= 15 is 0 Å². The zero-order valence-corrected chi connectivity index (χ0v) is 16.2. The molecule has 2 aromatic rings. The smallest absolute Gasteiger partial charge is 0.282 e. The predicted molar refractivity (Wildman–Crippen MR) is 96.0 cm³/mol. The van der Waals surface area contributed by atoms with Crippen LogP contribution < -0.4 is 5.32 Å². The Bertz CT molecular complexity index is 866. The minimum Gasteiger partial charge on any atom is -0.315 e. The Balaban J connectivity index is 1.91. The Kier molecular flexibility index (Phi) is 5.00. The first kappa shape index (κ1) is 18.1. The summed E-state index contributed by atoms with van der Waals surface area (Å²) in [4.78, 5) is 8.85. The fourth-order valence-corrected chi connectivity index (χ4v) is 4.72. The standard InChI is InChI=1S/C14H21N7O2S2/c1-9-15-11(8-13(16-9)17-14-19-18-10(2)24-14)12-6-5-7-21(12)25(22,23)20(3)4/h8,12H,5-7H2,1-4H3,(H,15,16,17,19)/t12-/m0/s1. The molecule has 25 heavy (non-hydrogen) atoms. The topological polar surface area (TPSA) is 104 Å². The third-order valence-corrected chi connectivity index (χ3v) is 6.63. The highest BCUT2D eigenvalue weighted by Crippen LogP contribution is 2.35. The molecule has 0 aromatic carbocycles. The number of aryl methyl sites for hydroxylation is 2. The molecule has 3 heterocycles. The third kappa shape index (κ3) is 3.78. The van der Waals surface area contributed by atoms with Gasteiger partial charge in [-0.1, -0.05) is 11.3 Å². The van der Waals surface area contributed by atoms with E-state index in [-0.39, 0.29) is 6.04 Å². The number of hydrogen-bond acceptors (Lipinski definition) is 8. The molecule has 9 nitrogen and oxygen atoms in total. The molecule has 136 valence electrons. The second-order valence-corrected chi connectivity index (χ2v) is 9.31. The van der Waals surface area contributed by atoms with Gasteiger partial charge < -0.3 is 5.32 Å². The van der Waals surface area contributed by atoms with Crippen LogP contribution in [0.5, 0.6) is 0 Å². The average molecular weight is 384 g/mol. The molecule has 0 radical (unpaired) electrons. The second kappa shape index (κ2) is 6.90. The van der Waals surface area contributed by atoms with Crippen LogP contribution in [-0.2, 0) is 10.2 Å². The van der Waals surface area contributed by atoms with Crippen molar-refractivity contribution in [2.24, 2.45) is 0 Å². The fourth-order valence-electron chi connectivity index (χ4n) is 2.80. The first-order valence-corrected chi connectivity index (χ1v) is 10.1. The maximum Gasteiger partial charge on any atom is 0.282 e. The van der Waals surface area contributed by atoms with Crippen LogP contribution in [-0.4, -0.2) is 57.8 Å². The molecule has 1 N–H and O–H groups in total. The van der Waals surface area contributed by atoms with Crippen molar-refractivity contribution in [3.63, 3.8) is 0 Å². The number of anilines is 2. The average Bonchev–Trinajstić information content (AvgIpc) is 3.16. The summed E-state index contributed by atoms with van der Waals surface area (Å²) in [6.45, 7) is 4.16. The van der Waals surface area contributed by atoms with Gasteiger partial charge >= 0.3 is 0 Å². The number of nitrogens with one attached hydrogen (secondary N) is 1. The summed E-state index contributed by atoms with van der Waals surface area (Å²) in [5.41, 5.74) is 0.694. The number of rotatable bonds is 5. The number of aromatic nitrogens is 4. The summed E-state index contributed by atoms with van der Waals surface area (Å²) in [6.07, 6.45) is 1.54. The number of nitrogens with zero attached hydrogens (tertiary/aromatic N) is 6. The molecule has 1 aliphatic rings. The second-order valence-electron chi connectivity index (χ2n) is 6.04. The van der Waals surface area contributed by atoms with E-state index in [2.05, 4.69) is 25.5 Å². The van der Waals surface area contributed by atoms with E-state index in [4.69, 9.17) is 0 Å². The largest absolute Gasteiger partial charge is 0.315 e. The Hall–Kier alpha value is -1.69. The van der Waals surface area contributed by atoms with Crippen LogP contribution in [0.2, 0.25) is 0 Å². The molecule has 2 aromatic heterocycles. The highest BCUT2D eigenvalue weighted by Gasteiger charge is 2.37.